The number of benzene rings is 2. The first-order valence-corrected chi connectivity index (χ1v) is 9.89. The van der Waals surface area contributed by atoms with Crippen molar-refractivity contribution < 1.29 is 13.9 Å². The van der Waals surface area contributed by atoms with Gasteiger partial charge in [-0.1, -0.05) is 42.1 Å². The van der Waals surface area contributed by atoms with E-state index in [4.69, 9.17) is 14.4 Å². The van der Waals surface area contributed by atoms with Gasteiger partial charge in [0.1, 0.15) is 5.75 Å². The van der Waals surface area contributed by atoms with Gasteiger partial charge in [-0.3, -0.25) is 4.79 Å². The van der Waals surface area contributed by atoms with E-state index < -0.39 is 5.25 Å². The molecule has 1 heterocycles. The van der Waals surface area contributed by atoms with Crippen LogP contribution in [0.2, 0.25) is 0 Å². The van der Waals surface area contributed by atoms with Crippen LogP contribution in [-0.4, -0.2) is 35.0 Å². The Morgan fingerprint density at radius 1 is 1.21 bits per heavy atom. The predicted molar refractivity (Wildman–Crippen MR) is 111 cm³/mol. The smallest absolute Gasteiger partial charge is 0.277 e. The minimum absolute atomic E-state index is 0.131. The van der Waals surface area contributed by atoms with Crippen LogP contribution in [0.4, 0.5) is 5.69 Å². The van der Waals surface area contributed by atoms with Gasteiger partial charge in [-0.25, -0.2) is 0 Å². The standard InChI is InChI=1S/C21H20N4O3S/c1-15(20(26)25(14-8-13-22)16-9-4-3-5-10-16)29-21-24-23-19(28-21)17-11-6-7-12-18(17)27-2/h3-7,9-12,15H,8,14H2,1-2H3. The highest BCUT2D eigenvalue weighted by atomic mass is 32.2. The molecule has 0 aliphatic rings. The third kappa shape index (κ3) is 4.95. The molecule has 0 saturated heterocycles. The first-order valence-electron chi connectivity index (χ1n) is 9.01. The summed E-state index contributed by atoms with van der Waals surface area (Å²) in [5.74, 6) is 0.825. The van der Waals surface area contributed by atoms with Crippen molar-refractivity contribution >= 4 is 23.4 Å². The van der Waals surface area contributed by atoms with Gasteiger partial charge in [-0.05, 0) is 31.2 Å². The van der Waals surface area contributed by atoms with Gasteiger partial charge in [0.05, 0.1) is 30.4 Å². The fourth-order valence-electron chi connectivity index (χ4n) is 2.74. The topological polar surface area (TPSA) is 92.3 Å². The first-order chi connectivity index (χ1) is 14.1. The molecule has 0 radical (unpaired) electrons. The molecule has 8 heteroatoms. The van der Waals surface area contributed by atoms with E-state index in [1.165, 1.54) is 11.8 Å². The van der Waals surface area contributed by atoms with Gasteiger partial charge in [0, 0.05) is 12.2 Å². The van der Waals surface area contributed by atoms with Crippen LogP contribution in [-0.2, 0) is 4.79 Å². The number of ether oxygens (including phenoxy) is 1. The van der Waals surface area contributed by atoms with Gasteiger partial charge in [-0.2, -0.15) is 5.26 Å². The molecule has 2 aromatic carbocycles. The Balaban J connectivity index is 1.75. The van der Waals surface area contributed by atoms with Crippen molar-refractivity contribution in [3.05, 3.63) is 54.6 Å². The zero-order valence-electron chi connectivity index (χ0n) is 16.1. The number of nitriles is 1. The third-order valence-electron chi connectivity index (χ3n) is 4.15. The first kappa shape index (κ1) is 20.4. The number of anilines is 1. The maximum atomic E-state index is 13.0. The molecular weight excluding hydrogens is 388 g/mol. The monoisotopic (exact) mass is 408 g/mol. The molecule has 1 aromatic heterocycles. The maximum Gasteiger partial charge on any atom is 0.277 e. The summed E-state index contributed by atoms with van der Waals surface area (Å²) in [6.45, 7) is 2.10. The van der Waals surface area contributed by atoms with Gasteiger partial charge in [-0.15, -0.1) is 10.2 Å². The molecule has 7 nitrogen and oxygen atoms in total. The number of carbonyl (C=O) groups excluding carboxylic acids is 1. The zero-order valence-corrected chi connectivity index (χ0v) is 16.9. The number of thioether (sulfide) groups is 1. The molecule has 0 fully saturated rings. The number of carbonyl (C=O) groups is 1. The van der Waals surface area contributed by atoms with Crippen LogP contribution >= 0.6 is 11.8 Å². The number of para-hydroxylation sites is 2. The minimum atomic E-state index is -0.472. The SMILES string of the molecule is COc1ccccc1-c1nnc(SC(C)C(=O)N(CCC#N)c2ccccc2)o1. The molecule has 1 unspecified atom stereocenters. The van der Waals surface area contributed by atoms with Crippen LogP contribution in [0, 0.1) is 11.3 Å². The number of nitrogens with zero attached hydrogens (tertiary/aromatic N) is 4. The fourth-order valence-corrected chi connectivity index (χ4v) is 3.49. The fraction of sp³-hybridized carbons (Fsp3) is 0.238. The van der Waals surface area contributed by atoms with Crippen molar-refractivity contribution in [1.29, 1.82) is 5.26 Å². The Labute approximate surface area is 173 Å². The highest BCUT2D eigenvalue weighted by Gasteiger charge is 2.25. The van der Waals surface area contributed by atoms with Gasteiger partial charge in [0.15, 0.2) is 0 Å². The van der Waals surface area contributed by atoms with E-state index in [-0.39, 0.29) is 12.3 Å². The Kier molecular flexibility index (Phi) is 6.87. The Morgan fingerprint density at radius 2 is 1.93 bits per heavy atom. The lowest BCUT2D eigenvalue weighted by Crippen LogP contribution is -2.37. The lowest BCUT2D eigenvalue weighted by atomic mass is 10.2. The van der Waals surface area contributed by atoms with Crippen LogP contribution in [0.15, 0.2) is 64.2 Å². The zero-order chi connectivity index (χ0) is 20.6. The van der Waals surface area contributed by atoms with Gasteiger partial charge >= 0.3 is 0 Å². The van der Waals surface area contributed by atoms with Crippen molar-refractivity contribution in [2.45, 2.75) is 23.8 Å². The summed E-state index contributed by atoms with van der Waals surface area (Å²) in [5, 5.41) is 16.9. The lowest BCUT2D eigenvalue weighted by Gasteiger charge is -2.24. The number of rotatable bonds is 8. The molecule has 0 bridgehead atoms. The molecule has 0 aliphatic heterocycles. The summed E-state index contributed by atoms with van der Waals surface area (Å²) < 4.78 is 11.1. The Morgan fingerprint density at radius 3 is 2.66 bits per heavy atom. The molecule has 29 heavy (non-hydrogen) atoms. The summed E-state index contributed by atoms with van der Waals surface area (Å²) in [6, 6.07) is 18.7. The molecule has 1 amide bonds. The minimum Gasteiger partial charge on any atom is -0.496 e. The van der Waals surface area contributed by atoms with Crippen LogP contribution in [0.1, 0.15) is 13.3 Å². The number of amides is 1. The summed E-state index contributed by atoms with van der Waals surface area (Å²) in [4.78, 5) is 14.6. The van der Waals surface area contributed by atoms with Gasteiger partial charge in [0.25, 0.3) is 11.1 Å². The van der Waals surface area contributed by atoms with Crippen LogP contribution in [0.5, 0.6) is 5.75 Å². The van der Waals surface area contributed by atoms with Gasteiger partial charge < -0.3 is 14.1 Å². The molecule has 1 atom stereocenters. The Bertz CT molecular complexity index is 1000. The normalized spacial score (nSPS) is 11.5. The van der Waals surface area contributed by atoms with Crippen molar-refractivity contribution in [3.8, 4) is 23.3 Å². The van der Waals surface area contributed by atoms with Crippen molar-refractivity contribution in [2.75, 3.05) is 18.6 Å². The predicted octanol–water partition coefficient (Wildman–Crippen LogP) is 4.17. The van der Waals surface area contributed by atoms with E-state index in [9.17, 15) is 4.79 Å². The summed E-state index contributed by atoms with van der Waals surface area (Å²) in [7, 11) is 1.57. The van der Waals surface area contributed by atoms with Crippen molar-refractivity contribution in [2.24, 2.45) is 0 Å². The number of aromatic nitrogens is 2. The van der Waals surface area contributed by atoms with E-state index in [1.807, 2.05) is 54.6 Å². The largest absolute Gasteiger partial charge is 0.496 e. The second kappa shape index (κ2) is 9.75. The molecular formula is C21H20N4O3S. The quantitative estimate of drug-likeness (QED) is 0.516. The average molecular weight is 408 g/mol. The van der Waals surface area contributed by atoms with Crippen molar-refractivity contribution in [1.82, 2.24) is 10.2 Å². The van der Waals surface area contributed by atoms with E-state index in [2.05, 4.69) is 16.3 Å². The van der Waals surface area contributed by atoms with E-state index >= 15 is 0 Å². The van der Waals surface area contributed by atoms with E-state index in [0.717, 1.165) is 5.69 Å². The molecule has 3 rings (SSSR count). The number of hydrogen-bond donors (Lipinski definition) is 0. The molecule has 3 aromatic rings. The molecule has 0 saturated carbocycles. The van der Waals surface area contributed by atoms with Crippen LogP contribution in [0.3, 0.4) is 0 Å². The second-order valence-electron chi connectivity index (χ2n) is 6.07. The number of hydrogen-bond acceptors (Lipinski definition) is 7. The second-order valence-corrected chi connectivity index (χ2v) is 7.36. The van der Waals surface area contributed by atoms with Crippen LogP contribution in [0.25, 0.3) is 11.5 Å². The third-order valence-corrected chi connectivity index (χ3v) is 5.07. The molecule has 0 N–H and O–H groups in total. The maximum absolute atomic E-state index is 13.0. The van der Waals surface area contributed by atoms with Crippen LogP contribution < -0.4 is 9.64 Å². The summed E-state index contributed by atoms with van der Waals surface area (Å²) in [6.07, 6.45) is 0.247. The number of methoxy groups -OCH3 is 1. The van der Waals surface area contributed by atoms with Crippen molar-refractivity contribution in [3.63, 3.8) is 0 Å². The molecule has 0 spiro atoms. The average Bonchev–Trinajstić information content (AvgIpc) is 3.22. The highest BCUT2D eigenvalue weighted by Crippen LogP contribution is 2.32. The summed E-state index contributed by atoms with van der Waals surface area (Å²) >= 11 is 1.18. The highest BCUT2D eigenvalue weighted by molar-refractivity contribution is 8.00. The Hall–Kier alpha value is -3.31. The van der Waals surface area contributed by atoms with Gasteiger partial charge in [0.2, 0.25) is 5.91 Å². The summed E-state index contributed by atoms with van der Waals surface area (Å²) in [5.41, 5.74) is 1.44. The van der Waals surface area contributed by atoms with E-state index in [0.29, 0.717) is 29.0 Å². The molecule has 148 valence electrons. The lowest BCUT2D eigenvalue weighted by molar-refractivity contribution is -0.117. The van der Waals surface area contributed by atoms with E-state index in [1.54, 1.807) is 18.9 Å². The molecule has 0 aliphatic carbocycles.